The van der Waals surface area contributed by atoms with E-state index in [4.69, 9.17) is 5.11 Å². The van der Waals surface area contributed by atoms with Crippen molar-refractivity contribution in [3.8, 4) is 0 Å². The maximum atomic E-state index is 11.8. The number of carbonyl (C=O) groups is 2. The average Bonchev–Trinajstić information content (AvgIpc) is 2.74. The number of aliphatic carboxylic acids is 1. The number of esters is 1. The van der Waals surface area contributed by atoms with Gasteiger partial charge in [-0.1, -0.05) is 6.42 Å². The third kappa shape index (κ3) is 5.15. The van der Waals surface area contributed by atoms with Gasteiger partial charge in [-0.15, -0.1) is 0 Å². The smallest absolute Gasteiger partial charge is 0.308 e. The van der Waals surface area contributed by atoms with Gasteiger partial charge in [0.1, 0.15) is 0 Å². The number of ether oxygens (including phenoxy) is 1. The lowest BCUT2D eigenvalue weighted by Gasteiger charge is -2.17. The van der Waals surface area contributed by atoms with Gasteiger partial charge in [-0.3, -0.25) is 9.59 Å². The SMILES string of the molecule is CCOC(=O)CCS(=O)(=O)NC1CCCC1C(=O)O. The van der Waals surface area contributed by atoms with Crippen molar-refractivity contribution in [3.05, 3.63) is 0 Å². The third-order valence-corrected chi connectivity index (χ3v) is 4.45. The number of hydrogen-bond acceptors (Lipinski definition) is 5. The molecule has 0 aromatic carbocycles. The lowest BCUT2D eigenvalue weighted by Crippen LogP contribution is -2.41. The molecular weight excluding hydrogens is 274 g/mol. The highest BCUT2D eigenvalue weighted by Crippen LogP contribution is 2.26. The molecule has 0 heterocycles. The fourth-order valence-electron chi connectivity index (χ4n) is 2.14. The van der Waals surface area contributed by atoms with Crippen LogP contribution in [0, 0.1) is 5.92 Å². The van der Waals surface area contributed by atoms with Crippen molar-refractivity contribution in [2.45, 2.75) is 38.6 Å². The fraction of sp³-hybridized carbons (Fsp3) is 0.818. The van der Waals surface area contributed by atoms with E-state index in [0.29, 0.717) is 19.3 Å². The summed E-state index contributed by atoms with van der Waals surface area (Å²) in [4.78, 5) is 22.0. The Kier molecular flexibility index (Phi) is 5.74. The summed E-state index contributed by atoms with van der Waals surface area (Å²) in [5, 5.41) is 8.96. The summed E-state index contributed by atoms with van der Waals surface area (Å²) in [7, 11) is -3.66. The molecule has 7 nitrogen and oxygen atoms in total. The van der Waals surface area contributed by atoms with Crippen LogP contribution in [0.25, 0.3) is 0 Å². The Bertz CT molecular complexity index is 432. The van der Waals surface area contributed by atoms with Gasteiger partial charge in [0.15, 0.2) is 0 Å². The Hall–Kier alpha value is -1.15. The van der Waals surface area contributed by atoms with Crippen LogP contribution in [0.4, 0.5) is 0 Å². The number of carboxylic acid groups (broad SMARTS) is 1. The summed E-state index contributed by atoms with van der Waals surface area (Å²) in [5.74, 6) is -2.63. The number of nitrogens with one attached hydrogen (secondary N) is 1. The molecule has 2 atom stereocenters. The van der Waals surface area contributed by atoms with E-state index in [0.717, 1.165) is 0 Å². The standard InChI is InChI=1S/C11H19NO6S/c1-2-18-10(13)6-7-19(16,17)12-9-5-3-4-8(9)11(14)15/h8-9,12H,2-7H2,1H3,(H,14,15). The molecular formula is C11H19NO6S. The molecule has 0 aromatic rings. The number of hydrogen-bond donors (Lipinski definition) is 2. The molecule has 1 fully saturated rings. The molecule has 1 rings (SSSR count). The molecule has 2 N–H and O–H groups in total. The van der Waals surface area contributed by atoms with Crippen LogP contribution in [0.3, 0.4) is 0 Å². The molecule has 8 heteroatoms. The average molecular weight is 293 g/mol. The maximum absolute atomic E-state index is 11.8. The van der Waals surface area contributed by atoms with Gasteiger partial charge in [0, 0.05) is 6.04 Å². The lowest BCUT2D eigenvalue weighted by molar-refractivity contribution is -0.143. The van der Waals surface area contributed by atoms with Crippen molar-refractivity contribution in [1.29, 1.82) is 0 Å². The molecule has 19 heavy (non-hydrogen) atoms. The minimum Gasteiger partial charge on any atom is -0.481 e. The highest BCUT2D eigenvalue weighted by Gasteiger charge is 2.35. The number of carbonyl (C=O) groups excluding carboxylic acids is 1. The number of rotatable bonds is 7. The minimum atomic E-state index is -3.66. The van der Waals surface area contributed by atoms with E-state index >= 15 is 0 Å². The van der Waals surface area contributed by atoms with Gasteiger partial charge in [0.25, 0.3) is 0 Å². The molecule has 0 aromatic heterocycles. The summed E-state index contributed by atoms with van der Waals surface area (Å²) in [6, 6.07) is -0.579. The highest BCUT2D eigenvalue weighted by atomic mass is 32.2. The van der Waals surface area contributed by atoms with Gasteiger partial charge < -0.3 is 9.84 Å². The molecule has 1 saturated carbocycles. The Morgan fingerprint density at radius 3 is 2.63 bits per heavy atom. The Morgan fingerprint density at radius 1 is 1.37 bits per heavy atom. The second-order valence-corrected chi connectivity index (χ2v) is 6.35. The van der Waals surface area contributed by atoms with Gasteiger partial charge in [-0.2, -0.15) is 0 Å². The predicted octanol–water partition coefficient (Wildman–Crippen LogP) is 0.112. The van der Waals surface area contributed by atoms with Gasteiger partial charge in [0.05, 0.1) is 24.7 Å². The van der Waals surface area contributed by atoms with Crippen LogP contribution in [0.1, 0.15) is 32.6 Å². The van der Waals surface area contributed by atoms with Crippen molar-refractivity contribution in [1.82, 2.24) is 4.72 Å². The van der Waals surface area contributed by atoms with Crippen LogP contribution in [0.2, 0.25) is 0 Å². The summed E-state index contributed by atoms with van der Waals surface area (Å²) in [6.07, 6.45) is 1.44. The van der Waals surface area contributed by atoms with Crippen molar-refractivity contribution >= 4 is 22.0 Å². The topological polar surface area (TPSA) is 110 Å². The second kappa shape index (κ2) is 6.85. The van der Waals surface area contributed by atoms with E-state index in [1.54, 1.807) is 6.92 Å². The summed E-state index contributed by atoms with van der Waals surface area (Å²) >= 11 is 0. The van der Waals surface area contributed by atoms with Gasteiger partial charge in [-0.05, 0) is 19.8 Å². The van der Waals surface area contributed by atoms with E-state index in [1.807, 2.05) is 0 Å². The van der Waals surface area contributed by atoms with E-state index < -0.39 is 33.9 Å². The molecule has 1 aliphatic rings. The molecule has 0 amide bonds. The largest absolute Gasteiger partial charge is 0.481 e. The van der Waals surface area contributed by atoms with Crippen LogP contribution < -0.4 is 4.72 Å². The fourth-order valence-corrected chi connectivity index (χ4v) is 3.43. The van der Waals surface area contributed by atoms with Crippen LogP contribution in [-0.2, 0) is 24.3 Å². The first-order valence-corrected chi connectivity index (χ1v) is 7.89. The molecule has 1 aliphatic carbocycles. The van der Waals surface area contributed by atoms with Crippen LogP contribution in [0.15, 0.2) is 0 Å². The van der Waals surface area contributed by atoms with Gasteiger partial charge in [0.2, 0.25) is 10.0 Å². The molecule has 2 unspecified atom stereocenters. The number of carboxylic acids is 1. The van der Waals surface area contributed by atoms with Crippen molar-refractivity contribution < 1.29 is 27.9 Å². The first-order valence-electron chi connectivity index (χ1n) is 6.24. The molecule has 0 aliphatic heterocycles. The van der Waals surface area contributed by atoms with Crippen LogP contribution >= 0.6 is 0 Å². The minimum absolute atomic E-state index is 0.204. The monoisotopic (exact) mass is 293 g/mol. The zero-order valence-electron chi connectivity index (χ0n) is 10.8. The predicted molar refractivity (Wildman–Crippen MR) is 66.9 cm³/mol. The van der Waals surface area contributed by atoms with E-state index in [9.17, 15) is 18.0 Å². The maximum Gasteiger partial charge on any atom is 0.308 e. The van der Waals surface area contributed by atoms with Crippen molar-refractivity contribution in [3.63, 3.8) is 0 Å². The molecule has 0 spiro atoms. The van der Waals surface area contributed by atoms with E-state index in [-0.39, 0.29) is 18.8 Å². The Morgan fingerprint density at radius 2 is 2.05 bits per heavy atom. The normalized spacial score (nSPS) is 23.2. The molecule has 110 valence electrons. The third-order valence-electron chi connectivity index (χ3n) is 3.04. The van der Waals surface area contributed by atoms with Gasteiger partial charge >= 0.3 is 11.9 Å². The first-order chi connectivity index (χ1) is 8.85. The summed E-state index contributed by atoms with van der Waals surface area (Å²) in [5.41, 5.74) is 0. The molecule has 0 bridgehead atoms. The van der Waals surface area contributed by atoms with Crippen LogP contribution in [0.5, 0.6) is 0 Å². The lowest BCUT2D eigenvalue weighted by atomic mass is 10.1. The van der Waals surface area contributed by atoms with E-state index in [2.05, 4.69) is 9.46 Å². The van der Waals surface area contributed by atoms with Crippen molar-refractivity contribution in [2.24, 2.45) is 5.92 Å². The Labute approximate surface area is 112 Å². The zero-order chi connectivity index (χ0) is 14.5. The summed E-state index contributed by atoms with van der Waals surface area (Å²) in [6.45, 7) is 1.84. The zero-order valence-corrected chi connectivity index (χ0v) is 11.6. The number of sulfonamides is 1. The van der Waals surface area contributed by atoms with Gasteiger partial charge in [-0.25, -0.2) is 13.1 Å². The highest BCUT2D eigenvalue weighted by molar-refractivity contribution is 7.89. The molecule has 0 radical (unpaired) electrons. The second-order valence-electron chi connectivity index (χ2n) is 4.47. The first kappa shape index (κ1) is 15.9. The quantitative estimate of drug-likeness (QED) is 0.645. The van der Waals surface area contributed by atoms with Crippen molar-refractivity contribution in [2.75, 3.05) is 12.4 Å². The molecule has 0 saturated heterocycles. The Balaban J connectivity index is 2.50. The summed E-state index contributed by atoms with van der Waals surface area (Å²) < 4.78 is 30.5. The van der Waals surface area contributed by atoms with Crippen LogP contribution in [-0.4, -0.2) is 43.9 Å². The van der Waals surface area contributed by atoms with E-state index in [1.165, 1.54) is 0 Å².